The zero-order chi connectivity index (χ0) is 18.7. The molecule has 0 spiro atoms. The zero-order valence-corrected chi connectivity index (χ0v) is 15.0. The van der Waals surface area contributed by atoms with Crippen molar-refractivity contribution in [2.75, 3.05) is 13.6 Å². The molecule has 1 aromatic heterocycles. The van der Waals surface area contributed by atoms with Crippen molar-refractivity contribution in [1.82, 2.24) is 10.2 Å². The summed E-state index contributed by atoms with van der Waals surface area (Å²) in [6.07, 6.45) is 1.19. The van der Waals surface area contributed by atoms with Gasteiger partial charge in [-0.25, -0.2) is 4.39 Å². The average Bonchev–Trinajstić information content (AvgIpc) is 3.14. The highest BCUT2D eigenvalue weighted by Crippen LogP contribution is 2.47. The van der Waals surface area contributed by atoms with Crippen molar-refractivity contribution in [3.8, 4) is 0 Å². The van der Waals surface area contributed by atoms with Gasteiger partial charge in [-0.1, -0.05) is 19.1 Å². The van der Waals surface area contributed by atoms with Gasteiger partial charge in [-0.05, 0) is 42.2 Å². The van der Waals surface area contributed by atoms with Crippen LogP contribution in [-0.4, -0.2) is 30.3 Å². The second kappa shape index (κ2) is 7.72. The van der Waals surface area contributed by atoms with Gasteiger partial charge in [0.15, 0.2) is 0 Å². The van der Waals surface area contributed by atoms with Crippen molar-refractivity contribution >= 4 is 11.8 Å². The molecular weight excluding hydrogens is 335 g/mol. The number of likely N-dealkylation sites (N-methyl/N-ethyl adjacent to an activating group) is 1. The Morgan fingerprint density at radius 2 is 2.08 bits per heavy atom. The molecule has 2 amide bonds. The molecule has 1 saturated carbocycles. The predicted molar refractivity (Wildman–Crippen MR) is 94.8 cm³/mol. The van der Waals surface area contributed by atoms with Crippen LogP contribution in [0, 0.1) is 11.7 Å². The Hall–Kier alpha value is -2.63. The summed E-state index contributed by atoms with van der Waals surface area (Å²) >= 11 is 0. The number of nitrogens with zero attached hydrogens (tertiary/aromatic N) is 1. The number of amides is 2. The van der Waals surface area contributed by atoms with Crippen LogP contribution < -0.4 is 5.32 Å². The molecule has 0 saturated heterocycles. The molecule has 0 aliphatic heterocycles. The molecule has 2 aromatic rings. The van der Waals surface area contributed by atoms with E-state index in [1.807, 2.05) is 12.1 Å². The minimum absolute atomic E-state index is 0.0376. The maximum Gasteiger partial charge on any atom is 0.242 e. The van der Waals surface area contributed by atoms with Crippen molar-refractivity contribution in [2.45, 2.75) is 32.2 Å². The van der Waals surface area contributed by atoms with Crippen LogP contribution in [0.1, 0.15) is 36.3 Å². The molecule has 0 unspecified atom stereocenters. The average molecular weight is 358 g/mol. The van der Waals surface area contributed by atoms with E-state index in [4.69, 9.17) is 4.42 Å². The number of carbonyl (C=O) groups excluding carboxylic acids is 2. The van der Waals surface area contributed by atoms with Crippen molar-refractivity contribution in [3.63, 3.8) is 0 Å². The highest BCUT2D eigenvalue weighted by atomic mass is 19.1. The number of halogens is 1. The lowest BCUT2D eigenvalue weighted by molar-refractivity contribution is -0.132. The van der Waals surface area contributed by atoms with E-state index in [0.717, 1.165) is 17.9 Å². The Kier molecular flexibility index (Phi) is 5.40. The van der Waals surface area contributed by atoms with Gasteiger partial charge in [-0.2, -0.15) is 0 Å². The third-order valence-electron chi connectivity index (χ3n) is 4.67. The molecule has 1 aliphatic carbocycles. The number of hydrogen-bond acceptors (Lipinski definition) is 3. The first kappa shape index (κ1) is 18.2. The summed E-state index contributed by atoms with van der Waals surface area (Å²) in [6, 6.07) is 9.73. The lowest BCUT2D eigenvalue weighted by Gasteiger charge is -2.16. The zero-order valence-electron chi connectivity index (χ0n) is 15.0. The number of hydrogen-bond donors (Lipinski definition) is 1. The Morgan fingerprint density at radius 3 is 2.77 bits per heavy atom. The lowest BCUT2D eigenvalue weighted by Crippen LogP contribution is -2.38. The Morgan fingerprint density at radius 1 is 1.31 bits per heavy atom. The van der Waals surface area contributed by atoms with Crippen LogP contribution in [0.25, 0.3) is 0 Å². The first-order valence-corrected chi connectivity index (χ1v) is 8.76. The minimum atomic E-state index is -0.385. The van der Waals surface area contributed by atoms with Gasteiger partial charge in [0, 0.05) is 13.0 Å². The number of rotatable bonds is 7. The molecule has 2 atom stereocenters. The van der Waals surface area contributed by atoms with Crippen LogP contribution in [0.15, 0.2) is 40.8 Å². The van der Waals surface area contributed by atoms with Crippen LogP contribution >= 0.6 is 0 Å². The fourth-order valence-electron chi connectivity index (χ4n) is 2.92. The fraction of sp³-hybridized carbons (Fsp3) is 0.400. The predicted octanol–water partition coefficient (Wildman–Crippen LogP) is 2.86. The molecule has 3 rings (SSSR count). The van der Waals surface area contributed by atoms with E-state index in [9.17, 15) is 14.0 Å². The van der Waals surface area contributed by atoms with Gasteiger partial charge in [0.05, 0.1) is 19.5 Å². The monoisotopic (exact) mass is 358 g/mol. The standard InChI is InChI=1S/C20H23FN2O3/c1-13-8-17(13)18-7-6-16(26-18)12-23(2)20(25)11-22-19(24)10-14-4-3-5-15(21)9-14/h3-7,9,13,17H,8,10-12H2,1-2H3,(H,22,24)/t13-,17-/m0/s1. The highest BCUT2D eigenvalue weighted by molar-refractivity contribution is 5.85. The fourth-order valence-corrected chi connectivity index (χ4v) is 2.92. The quantitative estimate of drug-likeness (QED) is 0.828. The first-order chi connectivity index (χ1) is 12.4. The van der Waals surface area contributed by atoms with Gasteiger partial charge >= 0.3 is 0 Å². The van der Waals surface area contributed by atoms with E-state index in [2.05, 4.69) is 12.2 Å². The van der Waals surface area contributed by atoms with Gasteiger partial charge in [0.2, 0.25) is 11.8 Å². The van der Waals surface area contributed by atoms with Crippen LogP contribution in [0.5, 0.6) is 0 Å². The minimum Gasteiger partial charge on any atom is -0.464 e. The number of carbonyl (C=O) groups is 2. The normalized spacial score (nSPS) is 18.4. The molecule has 26 heavy (non-hydrogen) atoms. The topological polar surface area (TPSA) is 62.6 Å². The van der Waals surface area contributed by atoms with Crippen LogP contribution in [0.4, 0.5) is 4.39 Å². The smallest absolute Gasteiger partial charge is 0.242 e. The van der Waals surface area contributed by atoms with Crippen molar-refractivity contribution in [2.24, 2.45) is 5.92 Å². The van der Waals surface area contributed by atoms with Gasteiger partial charge in [0.1, 0.15) is 17.3 Å². The van der Waals surface area contributed by atoms with E-state index in [-0.39, 0.29) is 30.6 Å². The van der Waals surface area contributed by atoms with E-state index >= 15 is 0 Å². The van der Waals surface area contributed by atoms with Crippen molar-refractivity contribution < 1.29 is 18.4 Å². The summed E-state index contributed by atoms with van der Waals surface area (Å²) < 4.78 is 18.9. The van der Waals surface area contributed by atoms with Gasteiger partial charge < -0.3 is 14.6 Å². The second-order valence-electron chi connectivity index (χ2n) is 6.96. The summed E-state index contributed by atoms with van der Waals surface area (Å²) in [5, 5.41) is 2.57. The summed E-state index contributed by atoms with van der Waals surface area (Å²) in [7, 11) is 1.67. The van der Waals surface area contributed by atoms with Crippen LogP contribution in [0.3, 0.4) is 0 Å². The number of benzene rings is 1. The maximum absolute atomic E-state index is 13.1. The SMILES string of the molecule is C[C@H]1C[C@@H]1c1ccc(CN(C)C(=O)CNC(=O)Cc2cccc(F)c2)o1. The summed E-state index contributed by atoms with van der Waals surface area (Å²) in [5.74, 6) is 1.98. The van der Waals surface area contributed by atoms with E-state index < -0.39 is 0 Å². The lowest BCUT2D eigenvalue weighted by atomic mass is 10.1. The molecule has 0 bridgehead atoms. The number of furan rings is 1. The van der Waals surface area contributed by atoms with Gasteiger partial charge in [-0.15, -0.1) is 0 Å². The van der Waals surface area contributed by atoms with Crippen molar-refractivity contribution in [1.29, 1.82) is 0 Å². The molecule has 0 radical (unpaired) electrons. The van der Waals surface area contributed by atoms with Crippen molar-refractivity contribution in [3.05, 3.63) is 59.3 Å². The summed E-state index contributed by atoms with van der Waals surface area (Å²) in [6.45, 7) is 2.45. The molecule has 5 nitrogen and oxygen atoms in total. The van der Waals surface area contributed by atoms with E-state index in [1.165, 1.54) is 17.0 Å². The van der Waals surface area contributed by atoms with E-state index in [1.54, 1.807) is 19.2 Å². The maximum atomic E-state index is 13.1. The number of nitrogens with one attached hydrogen (secondary N) is 1. The summed E-state index contributed by atoms with van der Waals surface area (Å²) in [5.41, 5.74) is 0.570. The molecule has 1 aromatic carbocycles. The first-order valence-electron chi connectivity index (χ1n) is 8.76. The van der Waals surface area contributed by atoms with Crippen LogP contribution in [0.2, 0.25) is 0 Å². The molecule has 1 N–H and O–H groups in total. The van der Waals surface area contributed by atoms with Crippen LogP contribution in [-0.2, 0) is 22.6 Å². The van der Waals surface area contributed by atoms with Gasteiger partial charge in [-0.3, -0.25) is 9.59 Å². The Balaban J connectivity index is 1.43. The summed E-state index contributed by atoms with van der Waals surface area (Å²) in [4.78, 5) is 25.6. The van der Waals surface area contributed by atoms with E-state index in [0.29, 0.717) is 23.9 Å². The third kappa shape index (κ3) is 4.71. The molecular formula is C20H23FN2O3. The molecule has 1 heterocycles. The largest absolute Gasteiger partial charge is 0.464 e. The molecule has 138 valence electrons. The molecule has 1 aliphatic rings. The highest BCUT2D eigenvalue weighted by Gasteiger charge is 2.36. The molecule has 6 heteroatoms. The Bertz CT molecular complexity index is 802. The third-order valence-corrected chi connectivity index (χ3v) is 4.67. The molecule has 1 fully saturated rings. The van der Waals surface area contributed by atoms with Gasteiger partial charge in [0.25, 0.3) is 0 Å². The second-order valence-corrected chi connectivity index (χ2v) is 6.96. The Labute approximate surface area is 152 Å².